The van der Waals surface area contributed by atoms with Gasteiger partial charge in [-0.3, -0.25) is 4.98 Å². The first-order chi connectivity index (χ1) is 15.2. The van der Waals surface area contributed by atoms with E-state index in [0.29, 0.717) is 17.9 Å². The second kappa shape index (κ2) is 9.18. The van der Waals surface area contributed by atoms with Crippen molar-refractivity contribution in [3.8, 4) is 23.0 Å². The van der Waals surface area contributed by atoms with Gasteiger partial charge in [-0.25, -0.2) is 4.68 Å². The lowest BCUT2D eigenvalue weighted by molar-refractivity contribution is 0.868. The minimum atomic E-state index is 0.461. The van der Waals surface area contributed by atoms with Crippen LogP contribution >= 0.6 is 0 Å². The molecule has 7 nitrogen and oxygen atoms in total. The van der Waals surface area contributed by atoms with Gasteiger partial charge in [0.15, 0.2) is 5.82 Å². The number of anilines is 1. The Balaban J connectivity index is 1.70. The Morgan fingerprint density at radius 3 is 2.45 bits per heavy atom. The second-order valence-electron chi connectivity index (χ2n) is 7.04. The number of hydrogen-bond acceptors (Lipinski definition) is 6. The fraction of sp³-hybridized carbons (Fsp3) is 0.208. The fourth-order valence-electron chi connectivity index (χ4n) is 3.60. The smallest absolute Gasteiger partial charge is 0.167 e. The summed E-state index contributed by atoms with van der Waals surface area (Å²) in [6.07, 6.45) is 7.00. The van der Waals surface area contributed by atoms with Crippen molar-refractivity contribution in [2.75, 3.05) is 5.32 Å². The molecule has 31 heavy (non-hydrogen) atoms. The molecule has 0 unspecified atom stereocenters. The zero-order valence-corrected chi connectivity index (χ0v) is 17.6. The molecule has 0 amide bonds. The van der Waals surface area contributed by atoms with Crippen LogP contribution in [0, 0.1) is 11.3 Å². The van der Waals surface area contributed by atoms with Gasteiger partial charge in [0.2, 0.25) is 0 Å². The highest BCUT2D eigenvalue weighted by Gasteiger charge is 2.16. The van der Waals surface area contributed by atoms with Crippen molar-refractivity contribution in [2.45, 2.75) is 33.2 Å². The number of para-hydroxylation sites is 1. The van der Waals surface area contributed by atoms with Crippen molar-refractivity contribution < 1.29 is 0 Å². The molecule has 0 saturated heterocycles. The number of nitrogens with one attached hydrogen (secondary N) is 1. The van der Waals surface area contributed by atoms with E-state index in [0.717, 1.165) is 46.6 Å². The van der Waals surface area contributed by atoms with Crippen LogP contribution < -0.4 is 5.32 Å². The average Bonchev–Trinajstić information content (AvgIpc) is 3.27. The summed E-state index contributed by atoms with van der Waals surface area (Å²) in [7, 11) is 0. The molecule has 4 aromatic rings. The Hall–Kier alpha value is -4.05. The summed E-state index contributed by atoms with van der Waals surface area (Å²) in [5, 5.41) is 26.5. The molecule has 0 aliphatic carbocycles. The topological polar surface area (TPSA) is 92.3 Å². The number of nitriles is 1. The van der Waals surface area contributed by atoms with Crippen molar-refractivity contribution in [3.63, 3.8) is 0 Å². The van der Waals surface area contributed by atoms with Crippen molar-refractivity contribution in [1.82, 2.24) is 25.0 Å². The first kappa shape index (κ1) is 20.2. The van der Waals surface area contributed by atoms with Gasteiger partial charge in [0, 0.05) is 36.3 Å². The van der Waals surface area contributed by atoms with Crippen LogP contribution in [0.3, 0.4) is 0 Å². The van der Waals surface area contributed by atoms with Gasteiger partial charge in [-0.2, -0.15) is 15.5 Å². The molecule has 1 aromatic carbocycles. The maximum atomic E-state index is 9.75. The molecule has 0 bridgehead atoms. The van der Waals surface area contributed by atoms with Crippen molar-refractivity contribution in [3.05, 3.63) is 83.4 Å². The van der Waals surface area contributed by atoms with Crippen molar-refractivity contribution >= 4 is 5.82 Å². The molecule has 0 fully saturated rings. The third-order valence-electron chi connectivity index (χ3n) is 5.17. The molecular weight excluding hydrogens is 386 g/mol. The van der Waals surface area contributed by atoms with Crippen LogP contribution in [0.2, 0.25) is 0 Å². The summed E-state index contributed by atoms with van der Waals surface area (Å²) >= 11 is 0. The van der Waals surface area contributed by atoms with Gasteiger partial charge in [-0.05, 0) is 42.7 Å². The van der Waals surface area contributed by atoms with Crippen molar-refractivity contribution in [2.24, 2.45) is 0 Å². The van der Waals surface area contributed by atoms with E-state index in [1.165, 1.54) is 0 Å². The first-order valence-electron chi connectivity index (χ1n) is 10.3. The predicted molar refractivity (Wildman–Crippen MR) is 120 cm³/mol. The zero-order chi connectivity index (χ0) is 21.6. The van der Waals surface area contributed by atoms with E-state index in [2.05, 4.69) is 26.6 Å². The van der Waals surface area contributed by atoms with Gasteiger partial charge >= 0.3 is 0 Å². The third-order valence-corrected chi connectivity index (χ3v) is 5.17. The van der Waals surface area contributed by atoms with Gasteiger partial charge < -0.3 is 5.32 Å². The maximum absolute atomic E-state index is 9.75. The Bertz CT molecular complexity index is 1210. The SMILES string of the molecule is CCc1nnc(NCc2cn(-c3ccccc3)nc2-c2ccncc2)c(C#N)c1CC. The highest BCUT2D eigenvalue weighted by atomic mass is 15.3. The van der Waals surface area contributed by atoms with Crippen LogP contribution in [0.15, 0.2) is 61.1 Å². The number of aromatic nitrogens is 5. The lowest BCUT2D eigenvalue weighted by atomic mass is 10.0. The molecular formula is C24H23N7. The number of benzene rings is 1. The van der Waals surface area contributed by atoms with Gasteiger partial charge in [0.25, 0.3) is 0 Å². The monoisotopic (exact) mass is 409 g/mol. The Morgan fingerprint density at radius 2 is 1.77 bits per heavy atom. The van der Waals surface area contributed by atoms with Crippen LogP contribution in [0.5, 0.6) is 0 Å². The summed E-state index contributed by atoms with van der Waals surface area (Å²) < 4.78 is 1.86. The molecule has 0 aliphatic rings. The maximum Gasteiger partial charge on any atom is 0.167 e. The summed E-state index contributed by atoms with van der Waals surface area (Å²) in [6, 6.07) is 16.2. The summed E-state index contributed by atoms with van der Waals surface area (Å²) in [6.45, 7) is 4.52. The van der Waals surface area contributed by atoms with E-state index < -0.39 is 0 Å². The molecule has 0 spiro atoms. The molecule has 0 saturated carbocycles. The van der Waals surface area contributed by atoms with Gasteiger partial charge in [0.05, 0.1) is 17.1 Å². The number of rotatable bonds is 7. The predicted octanol–water partition coefficient (Wildman–Crippen LogP) is 4.33. The molecule has 0 atom stereocenters. The lowest BCUT2D eigenvalue weighted by Gasteiger charge is -2.12. The van der Waals surface area contributed by atoms with E-state index in [1.807, 2.05) is 67.2 Å². The zero-order valence-electron chi connectivity index (χ0n) is 17.6. The molecule has 1 N–H and O–H groups in total. The standard InChI is InChI=1S/C24H23N7/c1-3-20-21(14-25)24(29-28-22(20)4-2)27-15-18-16-31(19-8-6-5-7-9-19)30-23(18)17-10-12-26-13-11-17/h5-13,16H,3-4,15H2,1-2H3,(H,27,29). The molecule has 3 aromatic heterocycles. The van der Waals surface area contributed by atoms with Crippen LogP contribution in [0.1, 0.15) is 36.2 Å². The van der Waals surface area contributed by atoms with Crippen LogP contribution in [0.25, 0.3) is 16.9 Å². The first-order valence-corrected chi connectivity index (χ1v) is 10.3. The largest absolute Gasteiger partial charge is 0.363 e. The molecule has 4 rings (SSSR count). The summed E-state index contributed by atoms with van der Waals surface area (Å²) in [4.78, 5) is 4.11. The number of nitrogens with zero attached hydrogens (tertiary/aromatic N) is 6. The second-order valence-corrected chi connectivity index (χ2v) is 7.04. The number of pyridine rings is 1. The molecule has 154 valence electrons. The van der Waals surface area contributed by atoms with Gasteiger partial charge in [-0.1, -0.05) is 32.0 Å². The van der Waals surface area contributed by atoms with E-state index >= 15 is 0 Å². The van der Waals surface area contributed by atoms with E-state index in [9.17, 15) is 5.26 Å². The molecule has 3 heterocycles. The normalized spacial score (nSPS) is 10.6. The Labute approximate surface area is 181 Å². The Morgan fingerprint density at radius 1 is 1.00 bits per heavy atom. The van der Waals surface area contributed by atoms with Gasteiger partial charge in [0.1, 0.15) is 11.6 Å². The van der Waals surface area contributed by atoms with E-state index in [1.54, 1.807) is 12.4 Å². The average molecular weight is 409 g/mol. The minimum Gasteiger partial charge on any atom is -0.363 e. The Kier molecular flexibility index (Phi) is 5.99. The number of aryl methyl sites for hydroxylation is 1. The fourth-order valence-corrected chi connectivity index (χ4v) is 3.60. The van der Waals surface area contributed by atoms with Gasteiger partial charge in [-0.15, -0.1) is 5.10 Å². The van der Waals surface area contributed by atoms with E-state index in [-0.39, 0.29) is 0 Å². The lowest BCUT2D eigenvalue weighted by Crippen LogP contribution is -2.10. The summed E-state index contributed by atoms with van der Waals surface area (Å²) in [5.41, 5.74) is 6.18. The molecule has 7 heteroatoms. The number of hydrogen-bond donors (Lipinski definition) is 1. The molecule has 0 radical (unpaired) electrons. The highest BCUT2D eigenvalue weighted by molar-refractivity contribution is 5.64. The summed E-state index contributed by atoms with van der Waals surface area (Å²) in [5.74, 6) is 0.504. The highest BCUT2D eigenvalue weighted by Crippen LogP contribution is 2.25. The minimum absolute atomic E-state index is 0.461. The third kappa shape index (κ3) is 4.14. The van der Waals surface area contributed by atoms with E-state index in [4.69, 9.17) is 5.10 Å². The van der Waals surface area contributed by atoms with Crippen LogP contribution in [-0.2, 0) is 19.4 Å². The van der Waals surface area contributed by atoms with Crippen LogP contribution in [-0.4, -0.2) is 25.0 Å². The van der Waals surface area contributed by atoms with Crippen molar-refractivity contribution in [1.29, 1.82) is 5.26 Å². The quantitative estimate of drug-likeness (QED) is 0.488. The van der Waals surface area contributed by atoms with Crippen LogP contribution in [0.4, 0.5) is 5.82 Å². The molecule has 0 aliphatic heterocycles.